The van der Waals surface area contributed by atoms with Gasteiger partial charge in [0.1, 0.15) is 0 Å². The number of piperazine rings is 1. The van der Waals surface area contributed by atoms with Gasteiger partial charge in [0.15, 0.2) is 5.65 Å². The zero-order valence-electron chi connectivity index (χ0n) is 10.8. The molecule has 0 atom stereocenters. The van der Waals surface area contributed by atoms with Gasteiger partial charge >= 0.3 is 0 Å². The Bertz CT molecular complexity index is 540. The number of pyridine rings is 1. The van der Waals surface area contributed by atoms with Crippen LogP contribution in [0.4, 0.5) is 5.95 Å². The first-order chi connectivity index (χ1) is 8.72. The first kappa shape index (κ1) is 11.4. The van der Waals surface area contributed by atoms with Gasteiger partial charge in [-0.15, -0.1) is 5.10 Å². The molecule has 6 nitrogen and oxygen atoms in total. The highest BCUT2D eigenvalue weighted by molar-refractivity contribution is 5.49. The van der Waals surface area contributed by atoms with Crippen molar-refractivity contribution in [2.24, 2.45) is 0 Å². The Hall–Kier alpha value is -1.66. The van der Waals surface area contributed by atoms with Gasteiger partial charge in [-0.3, -0.25) is 5.43 Å². The number of nitrogens with zero attached hydrogens (tertiary/aromatic N) is 5. The summed E-state index contributed by atoms with van der Waals surface area (Å²) in [5.41, 5.74) is 5.33. The second-order valence-electron chi connectivity index (χ2n) is 4.80. The molecule has 1 N–H and O–H groups in total. The van der Waals surface area contributed by atoms with Crippen LogP contribution in [-0.4, -0.2) is 57.7 Å². The second-order valence-corrected chi connectivity index (χ2v) is 4.80. The van der Waals surface area contributed by atoms with Crippen LogP contribution in [0.15, 0.2) is 18.3 Å². The van der Waals surface area contributed by atoms with Crippen molar-refractivity contribution in [2.75, 3.05) is 38.7 Å². The van der Waals surface area contributed by atoms with E-state index in [1.54, 1.807) is 0 Å². The Morgan fingerprint density at radius 2 is 2.00 bits per heavy atom. The minimum Gasteiger partial charge on any atom is -0.304 e. The Balaban J connectivity index is 1.77. The first-order valence-electron chi connectivity index (χ1n) is 6.24. The molecule has 3 rings (SSSR count). The number of hydrazine groups is 1. The summed E-state index contributed by atoms with van der Waals surface area (Å²) in [6.45, 7) is 6.17. The molecule has 0 spiro atoms. The van der Waals surface area contributed by atoms with E-state index in [9.17, 15) is 0 Å². The number of hydrogen-bond acceptors (Lipinski definition) is 5. The smallest absolute Gasteiger partial charge is 0.257 e. The number of hydrogen-bond donors (Lipinski definition) is 1. The summed E-state index contributed by atoms with van der Waals surface area (Å²) in [4.78, 5) is 6.83. The van der Waals surface area contributed by atoms with E-state index < -0.39 is 0 Å². The predicted octanol–water partition coefficient (Wildman–Crippen LogP) is 0.612. The Labute approximate surface area is 106 Å². The molecule has 0 aromatic carbocycles. The first-order valence-corrected chi connectivity index (χ1v) is 6.24. The maximum absolute atomic E-state index is 4.51. The normalized spacial score (nSPS) is 18.3. The van der Waals surface area contributed by atoms with Crippen molar-refractivity contribution >= 4 is 11.6 Å². The summed E-state index contributed by atoms with van der Waals surface area (Å²) < 4.78 is 1.81. The van der Waals surface area contributed by atoms with E-state index in [0.717, 1.165) is 37.4 Å². The highest BCUT2D eigenvalue weighted by Gasteiger charge is 2.15. The maximum atomic E-state index is 4.51. The molecule has 0 unspecified atom stereocenters. The number of fused-ring (bicyclic) bond motifs is 1. The zero-order chi connectivity index (χ0) is 12.5. The summed E-state index contributed by atoms with van der Waals surface area (Å²) in [6.07, 6.45) is 1.92. The predicted molar refractivity (Wildman–Crippen MR) is 70.4 cm³/mol. The minimum atomic E-state index is 0.675. The van der Waals surface area contributed by atoms with Crippen molar-refractivity contribution in [3.05, 3.63) is 23.9 Å². The Morgan fingerprint density at radius 1 is 1.22 bits per heavy atom. The lowest BCUT2D eigenvalue weighted by molar-refractivity contribution is 0.178. The van der Waals surface area contributed by atoms with Crippen molar-refractivity contribution in [1.29, 1.82) is 0 Å². The molecule has 3 heterocycles. The monoisotopic (exact) mass is 246 g/mol. The van der Waals surface area contributed by atoms with Crippen LogP contribution in [0.1, 0.15) is 5.56 Å². The zero-order valence-corrected chi connectivity index (χ0v) is 10.8. The number of aryl methyl sites for hydroxylation is 1. The highest BCUT2D eigenvalue weighted by Crippen LogP contribution is 2.10. The van der Waals surface area contributed by atoms with E-state index in [2.05, 4.69) is 32.5 Å². The van der Waals surface area contributed by atoms with Gasteiger partial charge in [0.2, 0.25) is 0 Å². The number of aromatic nitrogens is 3. The van der Waals surface area contributed by atoms with Gasteiger partial charge in [0, 0.05) is 32.4 Å². The molecule has 0 aliphatic carbocycles. The summed E-state index contributed by atoms with van der Waals surface area (Å²) in [5, 5.41) is 6.60. The fourth-order valence-electron chi connectivity index (χ4n) is 2.15. The number of anilines is 1. The van der Waals surface area contributed by atoms with Gasteiger partial charge in [-0.05, 0) is 25.6 Å². The number of nitrogens with one attached hydrogen (secondary N) is 1. The van der Waals surface area contributed by atoms with Crippen LogP contribution in [0.2, 0.25) is 0 Å². The standard InChI is InChI=1S/C12H18N6/c1-10-4-3-5-18-11(10)13-12(15-18)14-17-8-6-16(2)7-9-17/h3-5H,6-9H2,1-2H3,(H,14,15). The molecule has 6 heteroatoms. The Kier molecular flexibility index (Phi) is 2.89. The molecular formula is C12H18N6. The number of likely N-dealkylation sites (N-methyl/N-ethyl adjacent to an activating group) is 1. The van der Waals surface area contributed by atoms with E-state index in [-0.39, 0.29) is 0 Å². The van der Waals surface area contributed by atoms with E-state index in [4.69, 9.17) is 0 Å². The lowest BCUT2D eigenvalue weighted by atomic mass is 10.3. The van der Waals surface area contributed by atoms with E-state index in [1.807, 2.05) is 29.8 Å². The summed E-state index contributed by atoms with van der Waals surface area (Å²) in [7, 11) is 2.14. The van der Waals surface area contributed by atoms with Crippen molar-refractivity contribution in [3.8, 4) is 0 Å². The number of rotatable bonds is 2. The van der Waals surface area contributed by atoms with Crippen molar-refractivity contribution in [3.63, 3.8) is 0 Å². The van der Waals surface area contributed by atoms with Crippen LogP contribution in [0, 0.1) is 6.92 Å². The van der Waals surface area contributed by atoms with Crippen LogP contribution < -0.4 is 5.43 Å². The van der Waals surface area contributed by atoms with Gasteiger partial charge in [0.05, 0.1) is 0 Å². The van der Waals surface area contributed by atoms with Gasteiger partial charge in [-0.25, -0.2) is 9.52 Å². The third-order valence-corrected chi connectivity index (χ3v) is 3.32. The van der Waals surface area contributed by atoms with Crippen LogP contribution in [0.5, 0.6) is 0 Å². The lowest BCUT2D eigenvalue weighted by Crippen LogP contribution is -2.47. The molecule has 2 aromatic heterocycles. The highest BCUT2D eigenvalue weighted by atomic mass is 15.6. The third-order valence-electron chi connectivity index (χ3n) is 3.32. The average Bonchev–Trinajstić information content (AvgIpc) is 2.76. The molecule has 0 radical (unpaired) electrons. The van der Waals surface area contributed by atoms with Crippen molar-refractivity contribution in [1.82, 2.24) is 24.5 Å². The van der Waals surface area contributed by atoms with Crippen LogP contribution in [-0.2, 0) is 0 Å². The van der Waals surface area contributed by atoms with E-state index in [0.29, 0.717) is 5.95 Å². The summed E-state index contributed by atoms with van der Waals surface area (Å²) >= 11 is 0. The maximum Gasteiger partial charge on any atom is 0.257 e. The topological polar surface area (TPSA) is 48.7 Å². The molecule has 1 fully saturated rings. The molecule has 1 aliphatic heterocycles. The molecule has 1 aliphatic rings. The largest absolute Gasteiger partial charge is 0.304 e. The molecule has 0 bridgehead atoms. The SMILES string of the molecule is Cc1cccn2nc(NN3CCN(C)CC3)nc12. The van der Waals surface area contributed by atoms with Gasteiger partial charge in [-0.2, -0.15) is 4.98 Å². The summed E-state index contributed by atoms with van der Waals surface area (Å²) in [6, 6.07) is 4.03. The Morgan fingerprint density at radius 3 is 2.72 bits per heavy atom. The fourth-order valence-corrected chi connectivity index (χ4v) is 2.15. The second kappa shape index (κ2) is 4.55. The van der Waals surface area contributed by atoms with Gasteiger partial charge < -0.3 is 4.90 Å². The quantitative estimate of drug-likeness (QED) is 0.841. The van der Waals surface area contributed by atoms with Crippen molar-refractivity contribution in [2.45, 2.75) is 6.92 Å². The van der Waals surface area contributed by atoms with Crippen LogP contribution in [0.25, 0.3) is 5.65 Å². The third kappa shape index (κ3) is 2.16. The van der Waals surface area contributed by atoms with Crippen LogP contribution >= 0.6 is 0 Å². The summed E-state index contributed by atoms with van der Waals surface area (Å²) in [5.74, 6) is 0.675. The molecule has 18 heavy (non-hydrogen) atoms. The minimum absolute atomic E-state index is 0.675. The van der Waals surface area contributed by atoms with E-state index in [1.165, 1.54) is 0 Å². The van der Waals surface area contributed by atoms with E-state index >= 15 is 0 Å². The molecule has 1 saturated heterocycles. The molecule has 2 aromatic rings. The molecule has 0 saturated carbocycles. The van der Waals surface area contributed by atoms with Crippen molar-refractivity contribution < 1.29 is 0 Å². The molecular weight excluding hydrogens is 228 g/mol. The van der Waals surface area contributed by atoms with Gasteiger partial charge in [-0.1, -0.05) is 6.07 Å². The molecule has 96 valence electrons. The van der Waals surface area contributed by atoms with Crippen LogP contribution in [0.3, 0.4) is 0 Å². The molecule has 0 amide bonds. The average molecular weight is 246 g/mol. The van der Waals surface area contributed by atoms with Gasteiger partial charge in [0.25, 0.3) is 5.95 Å². The fraction of sp³-hybridized carbons (Fsp3) is 0.500. The lowest BCUT2D eigenvalue weighted by Gasteiger charge is -2.31.